The molecule has 10 heteroatoms. The van der Waals surface area contributed by atoms with Gasteiger partial charge in [-0.15, -0.1) is 0 Å². The highest BCUT2D eigenvalue weighted by molar-refractivity contribution is 6.61. The highest BCUT2D eigenvalue weighted by Crippen LogP contribution is 2.17. The van der Waals surface area contributed by atoms with Gasteiger partial charge < -0.3 is 18.6 Å². The van der Waals surface area contributed by atoms with Gasteiger partial charge in [-0.1, -0.05) is 49.6 Å². The van der Waals surface area contributed by atoms with Gasteiger partial charge in [-0.2, -0.15) is 0 Å². The maximum absolute atomic E-state index is 6.01. The summed E-state index contributed by atoms with van der Waals surface area (Å²) in [6, 6.07) is 30.5. The van der Waals surface area contributed by atoms with Crippen LogP contribution in [0.25, 0.3) is 23.3 Å². The van der Waals surface area contributed by atoms with Gasteiger partial charge in [0, 0.05) is 97.2 Å². The van der Waals surface area contributed by atoms with Crippen molar-refractivity contribution in [1.29, 1.82) is 0 Å². The molecule has 0 bridgehead atoms. The predicted molar refractivity (Wildman–Crippen MR) is 219 cm³/mol. The van der Waals surface area contributed by atoms with Crippen molar-refractivity contribution in [2.75, 3.05) is 26.4 Å². The Balaban J connectivity index is 0.966. The third-order valence-electron chi connectivity index (χ3n) is 10.2. The van der Waals surface area contributed by atoms with Crippen molar-refractivity contribution >= 4 is 37.3 Å². The summed E-state index contributed by atoms with van der Waals surface area (Å²) < 4.78 is 32.9. The fourth-order valence-electron chi connectivity index (χ4n) is 7.35. The molecule has 0 amide bonds. The summed E-state index contributed by atoms with van der Waals surface area (Å²) in [5, 5.41) is 0. The topological polar surface area (TPSA) is 52.4 Å². The van der Waals surface area contributed by atoms with Crippen molar-refractivity contribution in [2.45, 2.75) is 39.0 Å². The molecule has 2 saturated heterocycles. The minimum Gasteiger partial charge on any atom is -0.407 e. The number of pyridine rings is 4. The molecule has 2 aliphatic heterocycles. The smallest absolute Gasteiger partial charge is 0.407 e. The standard InChI is InChI=1S/C46H48B2N4O4/c1-3-37-7-15-49(16-8-37)33-39-27-41(31-45(29-39)47-53-23-5-24-54-47)35-51-19-11-43(12-20-51)44-13-21-52(22-14-44)36-42-28-40(34-50-17-9-38(4-2)10-18-50)30-46(32-42)48-55-25-6-26-56-48/h3-4,7-22,27-32H,1-2,5-6,23-26,33-36H2/q+4. The Morgan fingerprint density at radius 2 is 0.714 bits per heavy atom. The average Bonchev–Trinajstić information content (AvgIpc) is 3.25. The summed E-state index contributed by atoms with van der Waals surface area (Å²) in [6.07, 6.45) is 22.6. The fourth-order valence-corrected chi connectivity index (χ4v) is 7.35. The molecule has 4 aromatic heterocycles. The number of hydrogen-bond donors (Lipinski definition) is 0. The van der Waals surface area contributed by atoms with E-state index in [2.05, 4.69) is 166 Å². The van der Waals surface area contributed by atoms with Crippen LogP contribution in [0.15, 0.2) is 148 Å². The molecule has 0 radical (unpaired) electrons. The van der Waals surface area contributed by atoms with Crippen molar-refractivity contribution in [1.82, 2.24) is 0 Å². The van der Waals surface area contributed by atoms with Crippen LogP contribution >= 0.6 is 0 Å². The van der Waals surface area contributed by atoms with E-state index in [0.29, 0.717) is 26.4 Å². The summed E-state index contributed by atoms with van der Waals surface area (Å²) in [6.45, 7) is 13.6. The molecular formula is C46H48B2N4O4+4. The van der Waals surface area contributed by atoms with E-state index in [1.165, 1.54) is 33.4 Å². The first-order chi connectivity index (χ1) is 27.6. The number of nitrogens with zero attached hydrogens (tertiary/aromatic N) is 4. The lowest BCUT2D eigenvalue weighted by Crippen LogP contribution is -2.42. The summed E-state index contributed by atoms with van der Waals surface area (Å²) in [7, 11) is -0.677. The molecule has 2 aromatic carbocycles. The van der Waals surface area contributed by atoms with Crippen LogP contribution in [-0.2, 0) is 44.8 Å². The van der Waals surface area contributed by atoms with Gasteiger partial charge in [-0.3, -0.25) is 0 Å². The van der Waals surface area contributed by atoms with Crippen LogP contribution < -0.4 is 29.2 Å². The lowest BCUT2D eigenvalue weighted by molar-refractivity contribution is -0.689. The average molecular weight is 743 g/mol. The number of hydrogen-bond acceptors (Lipinski definition) is 4. The first-order valence-electron chi connectivity index (χ1n) is 19.5. The summed E-state index contributed by atoms with van der Waals surface area (Å²) in [5.41, 5.74) is 11.5. The van der Waals surface area contributed by atoms with E-state index in [1.807, 2.05) is 12.2 Å². The van der Waals surface area contributed by atoms with Crippen LogP contribution in [0.4, 0.5) is 0 Å². The molecule has 6 heterocycles. The number of rotatable bonds is 13. The van der Waals surface area contributed by atoms with Crippen molar-refractivity contribution in [3.05, 3.63) is 181 Å². The molecule has 0 N–H and O–H groups in total. The van der Waals surface area contributed by atoms with Gasteiger partial charge in [-0.05, 0) is 58.2 Å². The highest BCUT2D eigenvalue weighted by Gasteiger charge is 2.27. The number of benzene rings is 2. The van der Waals surface area contributed by atoms with Crippen LogP contribution in [0.3, 0.4) is 0 Å². The van der Waals surface area contributed by atoms with Crippen LogP contribution in [0.2, 0.25) is 0 Å². The first-order valence-corrected chi connectivity index (χ1v) is 19.5. The Kier molecular flexibility index (Phi) is 12.0. The fraction of sp³-hybridized carbons (Fsp3) is 0.217. The Bertz CT molecular complexity index is 2090. The summed E-state index contributed by atoms with van der Waals surface area (Å²) in [5.74, 6) is 0. The number of aromatic nitrogens is 4. The zero-order valence-corrected chi connectivity index (χ0v) is 31.9. The second kappa shape index (κ2) is 18.0. The third-order valence-corrected chi connectivity index (χ3v) is 10.2. The van der Waals surface area contributed by atoms with Gasteiger partial charge in [0.25, 0.3) is 0 Å². The maximum atomic E-state index is 6.01. The largest absolute Gasteiger partial charge is 0.493 e. The zero-order chi connectivity index (χ0) is 38.1. The first kappa shape index (κ1) is 37.4. The van der Waals surface area contributed by atoms with E-state index >= 15 is 0 Å². The zero-order valence-electron chi connectivity index (χ0n) is 31.9. The minimum absolute atomic E-state index is 0.339. The molecule has 0 spiro atoms. The second-order valence-corrected chi connectivity index (χ2v) is 14.6. The Morgan fingerprint density at radius 1 is 0.429 bits per heavy atom. The molecule has 0 saturated carbocycles. The van der Waals surface area contributed by atoms with E-state index in [1.54, 1.807) is 0 Å². The predicted octanol–water partition coefficient (Wildman–Crippen LogP) is 4.25. The highest BCUT2D eigenvalue weighted by atomic mass is 16.6. The van der Waals surface area contributed by atoms with Gasteiger partial charge in [0.1, 0.15) is 0 Å². The van der Waals surface area contributed by atoms with Crippen LogP contribution in [0, 0.1) is 0 Å². The Hall–Kier alpha value is -5.51. The molecule has 6 aromatic rings. The minimum atomic E-state index is -0.339. The molecule has 0 unspecified atom stereocenters. The third kappa shape index (κ3) is 9.64. The van der Waals surface area contributed by atoms with Crippen LogP contribution in [0.1, 0.15) is 46.2 Å². The summed E-state index contributed by atoms with van der Waals surface area (Å²) >= 11 is 0. The SMILES string of the molecule is C=Cc1cc[n+](Cc2cc(C[n+]3ccc(-c4cc[n+](Cc5cc(C[n+]6ccc(C=C)cc6)cc(B6OCCCO6)c5)cc4)cc3)cc(B3OCCCO3)c2)cc1. The molecule has 2 fully saturated rings. The Labute approximate surface area is 330 Å². The maximum Gasteiger partial charge on any atom is 0.493 e. The molecule has 2 aliphatic rings. The van der Waals surface area contributed by atoms with E-state index in [4.69, 9.17) is 18.6 Å². The molecule has 56 heavy (non-hydrogen) atoms. The van der Waals surface area contributed by atoms with E-state index in [0.717, 1.165) is 61.1 Å². The Morgan fingerprint density at radius 3 is 1.00 bits per heavy atom. The lowest BCUT2D eigenvalue weighted by Gasteiger charge is -2.20. The van der Waals surface area contributed by atoms with Crippen LogP contribution in [-0.4, -0.2) is 40.7 Å². The molecule has 0 aliphatic carbocycles. The van der Waals surface area contributed by atoms with Crippen molar-refractivity contribution in [2.24, 2.45) is 0 Å². The molecule has 8 nitrogen and oxygen atoms in total. The lowest BCUT2D eigenvalue weighted by atomic mass is 9.76. The monoisotopic (exact) mass is 742 g/mol. The van der Waals surface area contributed by atoms with Crippen LogP contribution in [0.5, 0.6) is 0 Å². The van der Waals surface area contributed by atoms with Gasteiger partial charge in [0.2, 0.25) is 0 Å². The van der Waals surface area contributed by atoms with Crippen molar-refractivity contribution < 1.29 is 36.9 Å². The summed E-state index contributed by atoms with van der Waals surface area (Å²) in [4.78, 5) is 0. The van der Waals surface area contributed by atoms with Crippen molar-refractivity contribution in [3.8, 4) is 11.1 Å². The van der Waals surface area contributed by atoms with E-state index < -0.39 is 0 Å². The second-order valence-electron chi connectivity index (χ2n) is 14.6. The van der Waals surface area contributed by atoms with Gasteiger partial charge in [0.15, 0.2) is 75.8 Å². The van der Waals surface area contributed by atoms with Gasteiger partial charge >= 0.3 is 14.2 Å². The normalized spacial score (nSPS) is 14.4. The van der Waals surface area contributed by atoms with E-state index in [9.17, 15) is 0 Å². The van der Waals surface area contributed by atoms with Gasteiger partial charge in [0.05, 0.1) is 0 Å². The molecular weight excluding hydrogens is 694 g/mol. The molecule has 8 rings (SSSR count). The molecule has 0 atom stereocenters. The van der Waals surface area contributed by atoms with Crippen molar-refractivity contribution in [3.63, 3.8) is 0 Å². The van der Waals surface area contributed by atoms with Gasteiger partial charge in [-0.25, -0.2) is 18.3 Å². The molecule has 278 valence electrons. The van der Waals surface area contributed by atoms with E-state index in [-0.39, 0.29) is 14.2 Å². The quantitative estimate of drug-likeness (QED) is 0.131.